The number of hydrogen-bond acceptors (Lipinski definition) is 4. The van der Waals surface area contributed by atoms with Crippen LogP contribution in [0.3, 0.4) is 0 Å². The first kappa shape index (κ1) is 27.1. The molecule has 1 aromatic rings. The number of rotatable bonds is 11. The van der Waals surface area contributed by atoms with Gasteiger partial charge in [-0.1, -0.05) is 19.9 Å². The average Bonchev–Trinajstić information content (AvgIpc) is 2.60. The third-order valence-electron chi connectivity index (χ3n) is 4.18. The monoisotopic (exact) mass is 528 g/mol. The minimum atomic E-state index is -3.20. The molecule has 6 nitrogen and oxygen atoms in total. The fraction of sp³-hybridized carbons (Fsp3) is 0.632. The Morgan fingerprint density at radius 1 is 1.14 bits per heavy atom. The molecule has 0 radical (unpaired) electrons. The van der Waals surface area contributed by atoms with Crippen molar-refractivity contribution in [2.24, 2.45) is 4.99 Å². The van der Waals surface area contributed by atoms with Crippen LogP contribution in [-0.2, 0) is 22.1 Å². The van der Waals surface area contributed by atoms with Crippen LogP contribution in [0.2, 0.25) is 0 Å². The first-order valence-electron chi connectivity index (χ1n) is 9.48. The number of sulfone groups is 1. The van der Waals surface area contributed by atoms with E-state index >= 15 is 0 Å². The van der Waals surface area contributed by atoms with Crippen LogP contribution in [0.4, 0.5) is 4.39 Å². The smallest absolute Gasteiger partial charge is 0.191 e. The zero-order chi connectivity index (χ0) is 20.3. The molecule has 0 saturated heterocycles. The van der Waals surface area contributed by atoms with E-state index in [2.05, 4.69) is 34.4 Å². The normalized spacial score (nSPS) is 12.0. The molecular weight excluding hydrogens is 494 g/mol. The van der Waals surface area contributed by atoms with Crippen LogP contribution in [0.15, 0.2) is 23.2 Å². The summed E-state index contributed by atoms with van der Waals surface area (Å²) in [5.74, 6) is 0.132. The van der Waals surface area contributed by atoms with Crippen LogP contribution in [0, 0.1) is 5.82 Å². The Labute approximate surface area is 186 Å². The molecule has 0 bridgehead atoms. The van der Waals surface area contributed by atoms with Crippen molar-refractivity contribution in [2.75, 3.05) is 39.0 Å². The Hall–Kier alpha value is -0.940. The lowest BCUT2D eigenvalue weighted by atomic mass is 10.1. The van der Waals surface area contributed by atoms with Crippen LogP contribution in [0.1, 0.15) is 38.3 Å². The Bertz CT molecular complexity index is 710. The van der Waals surface area contributed by atoms with Crippen molar-refractivity contribution >= 4 is 39.8 Å². The highest BCUT2D eigenvalue weighted by atomic mass is 127. The van der Waals surface area contributed by atoms with Crippen molar-refractivity contribution in [1.82, 2.24) is 15.5 Å². The Morgan fingerprint density at radius 3 is 2.39 bits per heavy atom. The molecule has 0 aliphatic rings. The van der Waals surface area contributed by atoms with Gasteiger partial charge in [0.2, 0.25) is 0 Å². The lowest BCUT2D eigenvalue weighted by Crippen LogP contribution is -2.38. The summed E-state index contributed by atoms with van der Waals surface area (Å²) in [5.41, 5.74) is 1.17. The molecule has 0 unspecified atom stereocenters. The number of guanidine groups is 1. The zero-order valence-corrected chi connectivity index (χ0v) is 20.4. The number of aliphatic imine (C=N–C) groups is 1. The summed E-state index contributed by atoms with van der Waals surface area (Å²) in [6.07, 6.45) is 2.16. The molecule has 0 aliphatic carbocycles. The number of nitrogens with one attached hydrogen (secondary N) is 2. The van der Waals surface area contributed by atoms with Gasteiger partial charge in [-0.15, -0.1) is 24.0 Å². The van der Waals surface area contributed by atoms with E-state index in [1.165, 1.54) is 24.5 Å². The number of hydrogen-bond donors (Lipinski definition) is 2. The van der Waals surface area contributed by atoms with E-state index in [0.29, 0.717) is 23.6 Å². The highest BCUT2D eigenvalue weighted by Crippen LogP contribution is 2.15. The molecule has 0 aliphatic heterocycles. The first-order chi connectivity index (χ1) is 12.8. The first-order valence-corrected chi connectivity index (χ1v) is 11.5. The fourth-order valence-corrected chi connectivity index (χ4v) is 3.57. The summed E-state index contributed by atoms with van der Waals surface area (Å²) < 4.78 is 36.8. The van der Waals surface area contributed by atoms with Crippen molar-refractivity contribution < 1.29 is 12.8 Å². The second-order valence-corrected chi connectivity index (χ2v) is 8.63. The zero-order valence-electron chi connectivity index (χ0n) is 17.3. The van der Waals surface area contributed by atoms with Gasteiger partial charge < -0.3 is 15.5 Å². The molecule has 0 heterocycles. The van der Waals surface area contributed by atoms with Gasteiger partial charge in [-0.25, -0.2) is 17.8 Å². The maximum absolute atomic E-state index is 13.6. The number of nitrogens with zero attached hydrogens (tertiary/aromatic N) is 2. The fourth-order valence-electron chi connectivity index (χ4n) is 2.72. The predicted octanol–water partition coefficient (Wildman–Crippen LogP) is 2.78. The van der Waals surface area contributed by atoms with Crippen molar-refractivity contribution in [3.8, 4) is 0 Å². The lowest BCUT2D eigenvalue weighted by Gasteiger charge is -2.18. The highest BCUT2D eigenvalue weighted by Gasteiger charge is 2.11. The summed E-state index contributed by atoms with van der Waals surface area (Å²) >= 11 is 0. The summed E-state index contributed by atoms with van der Waals surface area (Å²) in [6.45, 7) is 11.1. The van der Waals surface area contributed by atoms with E-state index in [9.17, 15) is 12.8 Å². The Balaban J connectivity index is 0.00000729. The van der Waals surface area contributed by atoms with Gasteiger partial charge in [0.25, 0.3) is 0 Å². The van der Waals surface area contributed by atoms with Crippen molar-refractivity contribution in [2.45, 2.75) is 39.5 Å². The van der Waals surface area contributed by atoms with E-state index < -0.39 is 15.7 Å². The Kier molecular flexibility index (Phi) is 13.6. The van der Waals surface area contributed by atoms with Gasteiger partial charge in [0.05, 0.1) is 12.3 Å². The molecule has 0 fully saturated rings. The summed E-state index contributed by atoms with van der Waals surface area (Å²) in [6, 6.07) is 4.16. The minimum Gasteiger partial charge on any atom is -0.357 e. The quantitative estimate of drug-likeness (QED) is 0.200. The van der Waals surface area contributed by atoms with Gasteiger partial charge in [-0.3, -0.25) is 0 Å². The van der Waals surface area contributed by atoms with Crippen LogP contribution < -0.4 is 10.6 Å². The van der Waals surface area contributed by atoms with E-state index in [1.54, 1.807) is 0 Å². The standard InChI is InChI=1S/C19H33FN4O2S.HI/c1-5-21-19(22-11-8-12-24(6-2)7-3)23-14-17-13-18(20)10-9-16(17)15-27(4,25)26;/h9-10,13H,5-8,11-12,14-15H2,1-4H3,(H2,21,22,23);1H. The third-order valence-corrected chi connectivity index (χ3v) is 5.01. The second kappa shape index (κ2) is 14.1. The van der Waals surface area contributed by atoms with E-state index in [0.717, 1.165) is 32.6 Å². The summed E-state index contributed by atoms with van der Waals surface area (Å²) in [7, 11) is -3.20. The maximum Gasteiger partial charge on any atom is 0.191 e. The summed E-state index contributed by atoms with van der Waals surface area (Å²) in [5, 5.41) is 6.44. The van der Waals surface area contributed by atoms with E-state index in [4.69, 9.17) is 0 Å². The van der Waals surface area contributed by atoms with Gasteiger partial charge in [-0.05, 0) is 56.2 Å². The molecule has 0 saturated carbocycles. The molecular formula is C19H34FIN4O2S. The van der Waals surface area contributed by atoms with Gasteiger partial charge in [0, 0.05) is 19.3 Å². The second-order valence-electron chi connectivity index (χ2n) is 6.49. The van der Waals surface area contributed by atoms with Crippen LogP contribution >= 0.6 is 24.0 Å². The molecule has 28 heavy (non-hydrogen) atoms. The Morgan fingerprint density at radius 2 is 1.82 bits per heavy atom. The molecule has 0 spiro atoms. The minimum absolute atomic E-state index is 0. The number of benzene rings is 1. The molecule has 1 rings (SSSR count). The average molecular weight is 528 g/mol. The van der Waals surface area contributed by atoms with Gasteiger partial charge >= 0.3 is 0 Å². The van der Waals surface area contributed by atoms with Crippen molar-refractivity contribution in [3.05, 3.63) is 35.1 Å². The SMILES string of the molecule is CCNC(=NCc1cc(F)ccc1CS(C)(=O)=O)NCCCN(CC)CC.I. The molecule has 0 aromatic heterocycles. The molecule has 162 valence electrons. The number of halogens is 2. The largest absolute Gasteiger partial charge is 0.357 e. The van der Waals surface area contributed by atoms with Gasteiger partial charge in [0.15, 0.2) is 15.8 Å². The predicted molar refractivity (Wildman–Crippen MR) is 126 cm³/mol. The van der Waals surface area contributed by atoms with E-state index in [-0.39, 0.29) is 36.3 Å². The third kappa shape index (κ3) is 11.2. The summed E-state index contributed by atoms with van der Waals surface area (Å²) in [4.78, 5) is 6.85. The van der Waals surface area contributed by atoms with Crippen LogP contribution in [0.25, 0.3) is 0 Å². The lowest BCUT2D eigenvalue weighted by molar-refractivity contribution is 0.300. The van der Waals surface area contributed by atoms with Gasteiger partial charge in [0.1, 0.15) is 5.82 Å². The van der Waals surface area contributed by atoms with E-state index in [1.807, 2.05) is 6.92 Å². The van der Waals surface area contributed by atoms with Crippen molar-refractivity contribution in [1.29, 1.82) is 0 Å². The van der Waals surface area contributed by atoms with Crippen molar-refractivity contribution in [3.63, 3.8) is 0 Å². The van der Waals surface area contributed by atoms with Gasteiger partial charge in [-0.2, -0.15) is 0 Å². The molecule has 2 N–H and O–H groups in total. The molecule has 0 amide bonds. The topological polar surface area (TPSA) is 73.8 Å². The van der Waals surface area contributed by atoms with Crippen LogP contribution in [0.5, 0.6) is 0 Å². The molecule has 1 aromatic carbocycles. The molecule has 0 atom stereocenters. The molecule has 9 heteroatoms. The highest BCUT2D eigenvalue weighted by molar-refractivity contribution is 14.0. The van der Waals surface area contributed by atoms with Crippen LogP contribution in [-0.4, -0.2) is 58.3 Å². The maximum atomic E-state index is 13.6.